The molecule has 2 heterocycles. The SMILES string of the molecule is NC(=O)c1ccc(N[C@@H]2CCCC[C@@H]2N)nc1Nc1cnc2c(c1)CC=C2. The van der Waals surface area contributed by atoms with E-state index < -0.39 is 5.91 Å². The quantitative estimate of drug-likeness (QED) is 0.647. The molecule has 0 unspecified atom stereocenters. The van der Waals surface area contributed by atoms with Crippen LogP contribution in [0.5, 0.6) is 0 Å². The van der Waals surface area contributed by atoms with Gasteiger partial charge in [0, 0.05) is 12.1 Å². The number of hydrogen-bond acceptors (Lipinski definition) is 6. The second kappa shape index (κ2) is 7.36. The highest BCUT2D eigenvalue weighted by Crippen LogP contribution is 2.26. The lowest BCUT2D eigenvalue weighted by molar-refractivity contribution is 0.100. The van der Waals surface area contributed by atoms with Crippen molar-refractivity contribution in [2.45, 2.75) is 44.2 Å². The number of amides is 1. The summed E-state index contributed by atoms with van der Waals surface area (Å²) in [5, 5.41) is 6.61. The lowest BCUT2D eigenvalue weighted by Crippen LogP contribution is -2.42. The Morgan fingerprint density at radius 1 is 1.22 bits per heavy atom. The number of carbonyl (C=O) groups excluding carboxylic acids is 1. The molecule has 0 aliphatic heterocycles. The molecule has 2 aliphatic carbocycles. The normalized spacial score (nSPS) is 20.9. The topological polar surface area (TPSA) is 119 Å². The van der Waals surface area contributed by atoms with Gasteiger partial charge in [-0.3, -0.25) is 9.78 Å². The van der Waals surface area contributed by atoms with Crippen LogP contribution < -0.4 is 22.1 Å². The van der Waals surface area contributed by atoms with Gasteiger partial charge in [0.25, 0.3) is 5.91 Å². The fourth-order valence-corrected chi connectivity index (χ4v) is 3.70. The molecule has 0 spiro atoms. The molecule has 6 N–H and O–H groups in total. The second-order valence-corrected chi connectivity index (χ2v) is 7.16. The maximum atomic E-state index is 11.8. The summed E-state index contributed by atoms with van der Waals surface area (Å²) in [4.78, 5) is 20.8. The van der Waals surface area contributed by atoms with Gasteiger partial charge in [-0.25, -0.2) is 4.98 Å². The Morgan fingerprint density at radius 3 is 2.89 bits per heavy atom. The number of nitrogens with two attached hydrogens (primary N) is 2. The third-order valence-electron chi connectivity index (χ3n) is 5.19. The van der Waals surface area contributed by atoms with Crippen LogP contribution in [0.4, 0.5) is 17.3 Å². The van der Waals surface area contributed by atoms with E-state index in [1.165, 1.54) is 6.42 Å². The van der Waals surface area contributed by atoms with Crippen LogP contribution in [0, 0.1) is 0 Å². The third-order valence-corrected chi connectivity index (χ3v) is 5.19. The fraction of sp³-hybridized carbons (Fsp3) is 0.350. The maximum absolute atomic E-state index is 11.8. The number of aromatic nitrogens is 2. The molecule has 7 nitrogen and oxygen atoms in total. The van der Waals surface area contributed by atoms with Crippen LogP contribution in [0.1, 0.15) is 47.3 Å². The van der Waals surface area contributed by atoms with Crippen LogP contribution in [0.3, 0.4) is 0 Å². The van der Waals surface area contributed by atoms with Crippen molar-refractivity contribution in [3.8, 4) is 0 Å². The van der Waals surface area contributed by atoms with Crippen molar-refractivity contribution in [3.05, 3.63) is 47.3 Å². The van der Waals surface area contributed by atoms with Crippen molar-refractivity contribution < 1.29 is 4.79 Å². The van der Waals surface area contributed by atoms with E-state index in [1.54, 1.807) is 18.3 Å². The number of hydrogen-bond donors (Lipinski definition) is 4. The molecule has 2 aromatic heterocycles. The predicted molar refractivity (Wildman–Crippen MR) is 107 cm³/mol. The number of allylic oxidation sites excluding steroid dienone is 1. The van der Waals surface area contributed by atoms with Gasteiger partial charge in [0.2, 0.25) is 0 Å². The lowest BCUT2D eigenvalue weighted by Gasteiger charge is -2.29. The van der Waals surface area contributed by atoms with E-state index in [0.717, 1.165) is 42.6 Å². The molecule has 0 radical (unpaired) electrons. The van der Waals surface area contributed by atoms with E-state index >= 15 is 0 Å². The van der Waals surface area contributed by atoms with Crippen molar-refractivity contribution in [2.75, 3.05) is 10.6 Å². The zero-order valence-corrected chi connectivity index (χ0v) is 15.1. The minimum atomic E-state index is -0.526. The van der Waals surface area contributed by atoms with Crippen LogP contribution in [-0.2, 0) is 6.42 Å². The van der Waals surface area contributed by atoms with E-state index in [9.17, 15) is 4.79 Å². The van der Waals surface area contributed by atoms with Crippen molar-refractivity contribution in [2.24, 2.45) is 11.5 Å². The van der Waals surface area contributed by atoms with Crippen molar-refractivity contribution in [1.82, 2.24) is 9.97 Å². The number of primary amides is 1. The maximum Gasteiger partial charge on any atom is 0.252 e. The highest BCUT2D eigenvalue weighted by atomic mass is 16.1. The molecule has 0 saturated heterocycles. The summed E-state index contributed by atoms with van der Waals surface area (Å²) in [7, 11) is 0. The first-order chi connectivity index (χ1) is 13.1. The Bertz CT molecular complexity index is 894. The van der Waals surface area contributed by atoms with Crippen molar-refractivity contribution >= 4 is 29.3 Å². The molecule has 2 aliphatic rings. The number of pyridine rings is 2. The smallest absolute Gasteiger partial charge is 0.252 e. The van der Waals surface area contributed by atoms with Crippen LogP contribution in [0.15, 0.2) is 30.5 Å². The summed E-state index contributed by atoms with van der Waals surface area (Å²) >= 11 is 0. The average Bonchev–Trinajstić information content (AvgIpc) is 3.11. The minimum absolute atomic E-state index is 0.112. The van der Waals surface area contributed by atoms with Gasteiger partial charge in [-0.15, -0.1) is 0 Å². The minimum Gasteiger partial charge on any atom is -0.366 e. The summed E-state index contributed by atoms with van der Waals surface area (Å²) in [6.07, 6.45) is 11.0. The molecule has 0 aromatic carbocycles. The van der Waals surface area contributed by atoms with Gasteiger partial charge >= 0.3 is 0 Å². The first-order valence-corrected chi connectivity index (χ1v) is 9.35. The molecule has 140 valence electrons. The lowest BCUT2D eigenvalue weighted by atomic mass is 9.91. The number of rotatable bonds is 5. The first-order valence-electron chi connectivity index (χ1n) is 9.35. The second-order valence-electron chi connectivity index (χ2n) is 7.16. The Balaban J connectivity index is 1.58. The summed E-state index contributed by atoms with van der Waals surface area (Å²) in [6, 6.07) is 5.78. The Hall–Kier alpha value is -2.93. The molecule has 27 heavy (non-hydrogen) atoms. The molecular weight excluding hydrogens is 340 g/mol. The van der Waals surface area contributed by atoms with E-state index in [1.807, 2.05) is 12.1 Å². The highest BCUT2D eigenvalue weighted by molar-refractivity contribution is 5.98. The Labute approximate surface area is 158 Å². The highest BCUT2D eigenvalue weighted by Gasteiger charge is 2.22. The average molecular weight is 364 g/mol. The molecule has 1 saturated carbocycles. The Morgan fingerprint density at radius 2 is 2.07 bits per heavy atom. The van der Waals surface area contributed by atoms with Gasteiger partial charge in [-0.05, 0) is 49.1 Å². The predicted octanol–water partition coefficient (Wildman–Crippen LogP) is 2.57. The number of carbonyl (C=O) groups is 1. The fourth-order valence-electron chi connectivity index (χ4n) is 3.70. The molecule has 1 fully saturated rings. The summed E-state index contributed by atoms with van der Waals surface area (Å²) in [5.74, 6) is 0.576. The number of nitrogens with one attached hydrogen (secondary N) is 2. The van der Waals surface area contributed by atoms with E-state index in [0.29, 0.717) is 17.2 Å². The summed E-state index contributed by atoms with van der Waals surface area (Å²) in [5.41, 5.74) is 15.0. The van der Waals surface area contributed by atoms with Gasteiger partial charge in [0.15, 0.2) is 0 Å². The summed E-state index contributed by atoms with van der Waals surface area (Å²) < 4.78 is 0. The van der Waals surface area contributed by atoms with Gasteiger partial charge in [-0.1, -0.05) is 18.9 Å². The van der Waals surface area contributed by atoms with Crippen LogP contribution in [0.25, 0.3) is 6.08 Å². The summed E-state index contributed by atoms with van der Waals surface area (Å²) in [6.45, 7) is 0. The Kier molecular flexibility index (Phi) is 4.77. The van der Waals surface area contributed by atoms with Gasteiger partial charge in [0.05, 0.1) is 23.1 Å². The molecule has 2 aromatic rings. The first kappa shape index (κ1) is 17.5. The molecule has 1 amide bonds. The molecule has 4 rings (SSSR count). The van der Waals surface area contributed by atoms with E-state index in [2.05, 4.69) is 26.7 Å². The molecule has 2 atom stereocenters. The van der Waals surface area contributed by atoms with Crippen LogP contribution >= 0.6 is 0 Å². The zero-order valence-electron chi connectivity index (χ0n) is 15.1. The van der Waals surface area contributed by atoms with E-state index in [-0.39, 0.29) is 12.1 Å². The largest absolute Gasteiger partial charge is 0.366 e. The van der Waals surface area contributed by atoms with Crippen LogP contribution in [-0.4, -0.2) is 28.0 Å². The molecular formula is C20H24N6O. The van der Waals surface area contributed by atoms with Crippen LogP contribution in [0.2, 0.25) is 0 Å². The number of fused-ring (bicyclic) bond motifs is 1. The molecule has 0 bridgehead atoms. The number of anilines is 3. The molecule has 7 heteroatoms. The van der Waals surface area contributed by atoms with E-state index in [4.69, 9.17) is 11.5 Å². The van der Waals surface area contributed by atoms with Crippen molar-refractivity contribution in [3.63, 3.8) is 0 Å². The van der Waals surface area contributed by atoms with Gasteiger partial charge in [-0.2, -0.15) is 0 Å². The standard InChI is InChI=1S/C20H24N6O/c21-15-5-1-2-6-17(15)25-18-9-8-14(19(22)27)20(26-18)24-13-10-12-4-3-7-16(12)23-11-13/h3,7-11,15,17H,1-2,4-6,21H2,(H2,22,27)(H2,24,25,26)/t15-,17+/m0/s1. The van der Waals surface area contributed by atoms with Crippen molar-refractivity contribution in [1.29, 1.82) is 0 Å². The number of nitrogens with zero attached hydrogens (tertiary/aromatic N) is 2. The van der Waals surface area contributed by atoms with Gasteiger partial charge in [0.1, 0.15) is 11.6 Å². The monoisotopic (exact) mass is 364 g/mol. The third kappa shape index (κ3) is 3.78. The van der Waals surface area contributed by atoms with Gasteiger partial charge < -0.3 is 22.1 Å². The zero-order chi connectivity index (χ0) is 18.8.